The maximum absolute atomic E-state index is 10.6. The number of nitrogens with two attached hydrogens (primary N) is 1. The van der Waals surface area contributed by atoms with Gasteiger partial charge in [0.1, 0.15) is 0 Å². The Labute approximate surface area is 125 Å². The number of hydrogen-bond acceptors (Lipinski definition) is 1. The fourth-order valence-electron chi connectivity index (χ4n) is 1.46. The first-order valence-corrected chi connectivity index (χ1v) is 6.04. The first kappa shape index (κ1) is 17.4. The minimum Gasteiger partial charge on any atom is -0.366 e. The summed E-state index contributed by atoms with van der Waals surface area (Å²) in [4.78, 5) is 10.6. The predicted octanol–water partition coefficient (Wildman–Crippen LogP) is 3.17. The third-order valence-electron chi connectivity index (χ3n) is 2.56. The minimum absolute atomic E-state index is 0. The van der Waals surface area contributed by atoms with E-state index >= 15 is 0 Å². The quantitative estimate of drug-likeness (QED) is 0.526. The van der Waals surface area contributed by atoms with E-state index in [0.29, 0.717) is 5.57 Å². The molecule has 0 aliphatic heterocycles. The van der Waals surface area contributed by atoms with Crippen LogP contribution in [0.15, 0.2) is 66.2 Å². The maximum Gasteiger partial charge on any atom is 2.00 e. The molecule has 1 amide bonds. The number of primary amides is 1. The van der Waals surface area contributed by atoms with Gasteiger partial charge in [-0.15, -0.1) is 0 Å². The summed E-state index contributed by atoms with van der Waals surface area (Å²) in [7, 11) is 0. The van der Waals surface area contributed by atoms with E-state index in [9.17, 15) is 4.79 Å². The van der Waals surface area contributed by atoms with Gasteiger partial charge in [-0.3, -0.25) is 4.79 Å². The van der Waals surface area contributed by atoms with Crippen molar-refractivity contribution in [3.05, 3.63) is 71.8 Å². The van der Waals surface area contributed by atoms with Crippen LogP contribution in [0.5, 0.6) is 0 Å². The van der Waals surface area contributed by atoms with Crippen LogP contribution in [0, 0.1) is 0 Å². The molecule has 2 N–H and O–H groups in total. The van der Waals surface area contributed by atoms with E-state index in [1.165, 1.54) is 5.56 Å². The summed E-state index contributed by atoms with van der Waals surface area (Å²) in [5.41, 5.74) is 7.03. The Morgan fingerprint density at radius 1 is 1.21 bits per heavy atom. The van der Waals surface area contributed by atoms with Crippen LogP contribution in [0.3, 0.4) is 0 Å². The monoisotopic (exact) mass is 297 g/mol. The number of allylic oxidation sites excluding steroid dienone is 1. The summed E-state index contributed by atoms with van der Waals surface area (Å²) >= 11 is 0. The van der Waals surface area contributed by atoms with Gasteiger partial charge in [0.05, 0.1) is 0 Å². The van der Waals surface area contributed by atoms with Gasteiger partial charge in [-0.05, 0) is 13.3 Å². The van der Waals surface area contributed by atoms with Gasteiger partial charge in [-0.25, -0.2) is 24.3 Å². The number of hydrogen-bond donors (Lipinski definition) is 1. The molecule has 0 bridgehead atoms. The molecule has 0 heterocycles. The first-order chi connectivity index (χ1) is 8.70. The molecule has 0 aliphatic carbocycles. The van der Waals surface area contributed by atoms with Crippen molar-refractivity contribution in [1.29, 1.82) is 0 Å². The van der Waals surface area contributed by atoms with Crippen LogP contribution in [-0.2, 0) is 28.3 Å². The Kier molecular flexibility index (Phi) is 9.50. The molecule has 2 rings (SSSR count). The summed E-state index contributed by atoms with van der Waals surface area (Å²) in [5.74, 6) is -0.331. The summed E-state index contributed by atoms with van der Waals surface area (Å²) in [5, 5.41) is 0. The molecule has 0 saturated heterocycles. The zero-order valence-electron chi connectivity index (χ0n) is 11.0. The number of carbonyl (C=O) groups is 1. The first-order valence-electron chi connectivity index (χ1n) is 6.04. The van der Waals surface area contributed by atoms with Gasteiger partial charge in [0.15, 0.2) is 0 Å². The van der Waals surface area contributed by atoms with Gasteiger partial charge in [-0.1, -0.05) is 12.5 Å². The van der Waals surface area contributed by atoms with Crippen molar-refractivity contribution in [3.63, 3.8) is 0 Å². The van der Waals surface area contributed by atoms with Crippen LogP contribution in [0.2, 0.25) is 0 Å². The van der Waals surface area contributed by atoms with Crippen LogP contribution in [0.1, 0.15) is 18.9 Å². The number of amides is 1. The van der Waals surface area contributed by atoms with E-state index in [0.717, 1.165) is 12.8 Å². The van der Waals surface area contributed by atoms with Gasteiger partial charge in [-0.2, -0.15) is 35.9 Å². The van der Waals surface area contributed by atoms with Crippen molar-refractivity contribution >= 4 is 5.91 Å². The van der Waals surface area contributed by atoms with E-state index in [4.69, 9.17) is 5.73 Å². The fraction of sp³-hybridized carbons (Fsp3) is 0.188. The third kappa shape index (κ3) is 8.20. The van der Waals surface area contributed by atoms with Crippen molar-refractivity contribution in [1.82, 2.24) is 0 Å². The molecule has 102 valence electrons. The topological polar surface area (TPSA) is 43.1 Å². The molecule has 0 radical (unpaired) electrons. The van der Waals surface area contributed by atoms with Crippen molar-refractivity contribution < 1.29 is 21.9 Å². The van der Waals surface area contributed by atoms with Crippen LogP contribution in [0.25, 0.3) is 0 Å². The molecule has 2 aromatic rings. The number of rotatable bonds is 4. The molecule has 3 heteroatoms. The van der Waals surface area contributed by atoms with E-state index in [2.05, 4.69) is 12.1 Å². The zero-order chi connectivity index (χ0) is 13.2. The summed E-state index contributed by atoms with van der Waals surface area (Å²) in [6.45, 7) is 1.74. The van der Waals surface area contributed by atoms with Gasteiger partial charge < -0.3 is 5.73 Å². The minimum atomic E-state index is -0.331. The molecule has 2 nitrogen and oxygen atoms in total. The Hall–Kier alpha value is -1.57. The Balaban J connectivity index is 0.000000454. The van der Waals surface area contributed by atoms with Crippen molar-refractivity contribution in [3.8, 4) is 0 Å². The Morgan fingerprint density at radius 2 is 1.79 bits per heavy atom. The van der Waals surface area contributed by atoms with E-state index in [1.807, 2.05) is 48.5 Å². The SMILES string of the molecule is CC(=CCC[c-]1cccc1)C(N)=O.[Fe+2].c1cc[cH-]c1. The standard InChI is InChI=1S/C11H14NO.C5H5.Fe/c1-9(11(12)13)5-4-8-10-6-2-3-7-10;1-2-4-5-3-1;/h2-3,5-7H,4,8H2,1H3,(H2,12,13);1-5H;/q2*-1;+2. The van der Waals surface area contributed by atoms with Crippen molar-refractivity contribution in [2.75, 3.05) is 0 Å². The molecule has 19 heavy (non-hydrogen) atoms. The second-order valence-corrected chi connectivity index (χ2v) is 4.05. The normalized spacial score (nSPS) is 10.1. The predicted molar refractivity (Wildman–Crippen MR) is 75.3 cm³/mol. The van der Waals surface area contributed by atoms with Gasteiger partial charge in [0, 0.05) is 5.57 Å². The Morgan fingerprint density at radius 3 is 2.21 bits per heavy atom. The molecule has 0 spiro atoms. The van der Waals surface area contributed by atoms with Crippen LogP contribution < -0.4 is 5.73 Å². The molecule has 0 atom stereocenters. The van der Waals surface area contributed by atoms with E-state index in [-0.39, 0.29) is 23.0 Å². The molecule has 2 aromatic carbocycles. The van der Waals surface area contributed by atoms with Crippen molar-refractivity contribution in [2.24, 2.45) is 5.73 Å². The van der Waals surface area contributed by atoms with Gasteiger partial charge in [0.25, 0.3) is 0 Å². The molecular formula is C16H19FeNO. The van der Waals surface area contributed by atoms with Crippen LogP contribution >= 0.6 is 0 Å². The molecule has 0 unspecified atom stereocenters. The second-order valence-electron chi connectivity index (χ2n) is 4.05. The number of carbonyl (C=O) groups excluding carboxylic acids is 1. The molecular weight excluding hydrogens is 278 g/mol. The van der Waals surface area contributed by atoms with Gasteiger partial charge in [0.2, 0.25) is 5.91 Å². The smallest absolute Gasteiger partial charge is 0.366 e. The molecule has 0 aromatic heterocycles. The molecule has 0 aliphatic rings. The fourth-order valence-corrected chi connectivity index (χ4v) is 1.46. The molecule has 0 saturated carbocycles. The van der Waals surface area contributed by atoms with Crippen molar-refractivity contribution in [2.45, 2.75) is 19.8 Å². The van der Waals surface area contributed by atoms with Gasteiger partial charge >= 0.3 is 17.1 Å². The van der Waals surface area contributed by atoms with Crippen LogP contribution in [0.4, 0.5) is 0 Å². The second kappa shape index (κ2) is 10.4. The zero-order valence-corrected chi connectivity index (χ0v) is 12.1. The average molecular weight is 297 g/mol. The Bertz CT molecular complexity index is 438. The maximum atomic E-state index is 10.6. The average Bonchev–Trinajstić information content (AvgIpc) is 3.04. The largest absolute Gasteiger partial charge is 2.00 e. The third-order valence-corrected chi connectivity index (χ3v) is 2.56. The number of aryl methyl sites for hydroxylation is 1. The summed E-state index contributed by atoms with van der Waals surface area (Å²) in [6.07, 6.45) is 3.73. The summed E-state index contributed by atoms with van der Waals surface area (Å²) < 4.78 is 0. The van der Waals surface area contributed by atoms with E-state index in [1.54, 1.807) is 6.92 Å². The van der Waals surface area contributed by atoms with E-state index < -0.39 is 0 Å². The van der Waals surface area contributed by atoms with Crippen LogP contribution in [-0.4, -0.2) is 5.91 Å². The molecule has 0 fully saturated rings. The summed E-state index contributed by atoms with van der Waals surface area (Å²) in [6, 6.07) is 18.2.